The number of benzene rings is 1. The molecule has 2 aromatic rings. The first-order valence-electron chi connectivity index (χ1n) is 11.9. The number of likely N-dealkylation sites (tertiary alicyclic amines) is 1. The lowest BCUT2D eigenvalue weighted by molar-refractivity contribution is -0.274. The molecule has 2 aliphatic heterocycles. The van der Waals surface area contributed by atoms with Crippen LogP contribution in [-0.4, -0.2) is 69.6 Å². The maximum absolute atomic E-state index is 13.1. The van der Waals surface area contributed by atoms with Crippen molar-refractivity contribution in [1.82, 2.24) is 25.2 Å². The summed E-state index contributed by atoms with van der Waals surface area (Å²) in [7, 11) is 0. The van der Waals surface area contributed by atoms with Crippen LogP contribution in [0.25, 0.3) is 6.08 Å². The normalized spacial score (nSPS) is 22.1. The van der Waals surface area contributed by atoms with Crippen molar-refractivity contribution in [2.24, 2.45) is 11.8 Å². The molecule has 1 N–H and O–H groups in total. The van der Waals surface area contributed by atoms with Gasteiger partial charge in [-0.2, -0.15) is 15.4 Å². The van der Waals surface area contributed by atoms with Gasteiger partial charge in [-0.25, -0.2) is 0 Å². The summed E-state index contributed by atoms with van der Waals surface area (Å²) in [6.45, 7) is 2.29. The Hall–Kier alpha value is -3.63. The maximum atomic E-state index is 13.1. The predicted molar refractivity (Wildman–Crippen MR) is 123 cm³/mol. The van der Waals surface area contributed by atoms with E-state index >= 15 is 0 Å². The van der Waals surface area contributed by atoms with Crippen LogP contribution in [0.2, 0.25) is 0 Å². The summed E-state index contributed by atoms with van der Waals surface area (Å²) in [6.07, 6.45) is 3.25. The van der Waals surface area contributed by atoms with E-state index < -0.39 is 6.36 Å². The van der Waals surface area contributed by atoms with E-state index in [0.29, 0.717) is 38.2 Å². The zero-order valence-electron chi connectivity index (χ0n) is 19.5. The van der Waals surface area contributed by atoms with Gasteiger partial charge in [0.2, 0.25) is 11.8 Å². The minimum atomic E-state index is -4.74. The number of carbonyl (C=O) groups is 2. The Morgan fingerprint density at radius 1 is 1.08 bits per heavy atom. The van der Waals surface area contributed by atoms with Gasteiger partial charge >= 0.3 is 6.36 Å². The monoisotopic (exact) mass is 501 g/mol. The van der Waals surface area contributed by atoms with Crippen LogP contribution in [0.4, 0.5) is 13.2 Å². The third kappa shape index (κ3) is 5.44. The highest BCUT2D eigenvalue weighted by atomic mass is 19.4. The molecule has 11 heteroatoms. The zero-order valence-corrected chi connectivity index (χ0v) is 19.5. The van der Waals surface area contributed by atoms with Crippen molar-refractivity contribution < 1.29 is 27.5 Å². The summed E-state index contributed by atoms with van der Waals surface area (Å²) in [5.41, 5.74) is 3.64. The second-order valence-corrected chi connectivity index (χ2v) is 9.37. The number of nitrogens with one attached hydrogen (secondary N) is 1. The molecule has 0 bridgehead atoms. The van der Waals surface area contributed by atoms with Gasteiger partial charge in [-0.15, -0.1) is 13.2 Å². The molecule has 0 spiro atoms. The van der Waals surface area contributed by atoms with Gasteiger partial charge in [-0.1, -0.05) is 18.2 Å². The largest absolute Gasteiger partial charge is 0.573 e. The van der Waals surface area contributed by atoms with E-state index in [1.807, 2.05) is 4.90 Å². The molecule has 2 atom stereocenters. The summed E-state index contributed by atoms with van der Waals surface area (Å²) in [5, 5.41) is 10.9. The number of H-pyrrole nitrogens is 1. The van der Waals surface area contributed by atoms with Crippen LogP contribution in [0.5, 0.6) is 5.75 Å². The molecule has 1 fully saturated rings. The van der Waals surface area contributed by atoms with Crippen molar-refractivity contribution in [3.63, 3.8) is 0 Å². The third-order valence-electron chi connectivity index (χ3n) is 7.04. The van der Waals surface area contributed by atoms with Gasteiger partial charge in [-0.05, 0) is 48.6 Å². The van der Waals surface area contributed by atoms with Gasteiger partial charge < -0.3 is 14.5 Å². The minimum Gasteiger partial charge on any atom is -0.406 e. The van der Waals surface area contributed by atoms with Crippen molar-refractivity contribution in [3.8, 4) is 5.75 Å². The van der Waals surface area contributed by atoms with Crippen molar-refractivity contribution in [2.45, 2.75) is 32.0 Å². The third-order valence-corrected chi connectivity index (χ3v) is 7.04. The molecule has 1 unspecified atom stereocenters. The van der Waals surface area contributed by atoms with Gasteiger partial charge in [0.25, 0.3) is 0 Å². The number of aromatic amines is 1. The van der Waals surface area contributed by atoms with Crippen LogP contribution in [0.1, 0.15) is 29.8 Å². The van der Waals surface area contributed by atoms with E-state index in [1.54, 1.807) is 11.0 Å². The van der Waals surface area contributed by atoms with Crippen LogP contribution >= 0.6 is 0 Å². The Balaban J connectivity index is 1.15. The van der Waals surface area contributed by atoms with E-state index in [2.05, 4.69) is 26.2 Å². The number of carbonyl (C=O) groups excluding carboxylic acids is 2. The first-order valence-corrected chi connectivity index (χ1v) is 11.9. The van der Waals surface area contributed by atoms with E-state index in [4.69, 9.17) is 0 Å². The Labute approximate surface area is 205 Å². The topological polar surface area (TPSA) is 91.4 Å². The van der Waals surface area contributed by atoms with Crippen molar-refractivity contribution in [3.05, 3.63) is 58.9 Å². The van der Waals surface area contributed by atoms with Crippen LogP contribution in [0.15, 0.2) is 42.0 Å². The molecule has 2 amide bonds. The second kappa shape index (κ2) is 9.79. The predicted octanol–water partition coefficient (Wildman–Crippen LogP) is 3.14. The first-order chi connectivity index (χ1) is 17.2. The molecule has 1 saturated heterocycles. The van der Waals surface area contributed by atoms with Crippen LogP contribution in [0, 0.1) is 11.8 Å². The molecule has 1 aromatic carbocycles. The fourth-order valence-corrected chi connectivity index (χ4v) is 5.11. The van der Waals surface area contributed by atoms with E-state index in [-0.39, 0.29) is 29.4 Å². The number of amides is 2. The Bertz CT molecular complexity index is 1190. The average molecular weight is 502 g/mol. The highest BCUT2D eigenvalue weighted by molar-refractivity contribution is 5.92. The fraction of sp³-hybridized carbons (Fsp3) is 0.440. The summed E-state index contributed by atoms with van der Waals surface area (Å²) in [6, 6.07) is 5.34. The Morgan fingerprint density at radius 3 is 2.64 bits per heavy atom. The number of hydrogen-bond donors (Lipinski definition) is 1. The standard InChI is InChI=1S/C25H26F3N5O3/c26-25(27,28)36-20-5-1-16(2-6-20)3-8-23(34)32-11-9-18-14-33(15-19(18)10-12-32)24(35)17-4-7-21-22(13-17)30-31-29-21/h1-3,5-6,8-9,17,19H,4,7,10-15H2,(H,29,30,31)/b8-3+/t17?,19-/m1/s1. The van der Waals surface area contributed by atoms with Gasteiger partial charge in [0, 0.05) is 50.5 Å². The molecule has 1 aliphatic carbocycles. The molecule has 0 saturated carbocycles. The highest BCUT2D eigenvalue weighted by Gasteiger charge is 2.37. The molecule has 3 aliphatic rings. The van der Waals surface area contributed by atoms with Gasteiger partial charge in [0.05, 0.1) is 11.4 Å². The van der Waals surface area contributed by atoms with Gasteiger partial charge in [-0.3, -0.25) is 9.59 Å². The summed E-state index contributed by atoms with van der Waals surface area (Å²) in [4.78, 5) is 29.5. The molecule has 0 radical (unpaired) electrons. The lowest BCUT2D eigenvalue weighted by Crippen LogP contribution is -2.37. The molecule has 8 nitrogen and oxygen atoms in total. The van der Waals surface area contributed by atoms with Crippen molar-refractivity contribution in [1.29, 1.82) is 0 Å². The number of nitrogens with zero attached hydrogens (tertiary/aromatic N) is 4. The van der Waals surface area contributed by atoms with Gasteiger partial charge in [0.15, 0.2) is 0 Å². The molecule has 5 rings (SSSR count). The van der Waals surface area contributed by atoms with E-state index in [9.17, 15) is 22.8 Å². The molecular formula is C25H26F3N5O3. The van der Waals surface area contributed by atoms with Crippen LogP contribution < -0.4 is 4.74 Å². The molecule has 3 heterocycles. The smallest absolute Gasteiger partial charge is 0.406 e. The molecule has 36 heavy (non-hydrogen) atoms. The van der Waals surface area contributed by atoms with Crippen LogP contribution in [0.3, 0.4) is 0 Å². The Morgan fingerprint density at radius 2 is 1.86 bits per heavy atom. The second-order valence-electron chi connectivity index (χ2n) is 9.37. The van der Waals surface area contributed by atoms with Crippen molar-refractivity contribution >= 4 is 17.9 Å². The van der Waals surface area contributed by atoms with Crippen molar-refractivity contribution in [2.75, 3.05) is 26.2 Å². The number of ether oxygens (including phenoxy) is 1. The molecule has 190 valence electrons. The highest BCUT2D eigenvalue weighted by Crippen LogP contribution is 2.32. The number of fused-ring (bicyclic) bond motifs is 2. The fourth-order valence-electron chi connectivity index (χ4n) is 5.11. The minimum absolute atomic E-state index is 0.0668. The number of alkyl halides is 3. The van der Waals surface area contributed by atoms with Crippen LogP contribution in [-0.2, 0) is 22.4 Å². The van der Waals surface area contributed by atoms with Gasteiger partial charge in [0.1, 0.15) is 5.75 Å². The van der Waals surface area contributed by atoms with E-state index in [0.717, 1.165) is 30.7 Å². The number of rotatable bonds is 4. The summed E-state index contributed by atoms with van der Waals surface area (Å²) in [5.74, 6) is -0.136. The number of hydrogen-bond acceptors (Lipinski definition) is 5. The van der Waals surface area contributed by atoms with E-state index in [1.165, 1.54) is 35.9 Å². The summed E-state index contributed by atoms with van der Waals surface area (Å²) >= 11 is 0. The Kier molecular flexibility index (Phi) is 6.55. The first kappa shape index (κ1) is 24.1. The zero-order chi connectivity index (χ0) is 25.3. The lowest BCUT2D eigenvalue weighted by atomic mass is 9.89. The number of aromatic nitrogens is 3. The number of halogens is 3. The average Bonchev–Trinajstić information content (AvgIpc) is 3.44. The summed E-state index contributed by atoms with van der Waals surface area (Å²) < 4.78 is 40.7. The SMILES string of the molecule is O=C(/C=C/c1ccc(OC(F)(F)F)cc1)N1CC=C2CN(C(=O)C3CCc4n[nH]nc4C3)C[C@H]2CC1. The molecular weight excluding hydrogens is 475 g/mol. The quantitative estimate of drug-likeness (QED) is 0.514. The molecule has 1 aromatic heterocycles. The number of aryl methyl sites for hydroxylation is 1. The lowest BCUT2D eigenvalue weighted by Gasteiger charge is -2.25. The maximum Gasteiger partial charge on any atom is 0.573 e.